The van der Waals surface area contributed by atoms with Gasteiger partial charge in [-0.25, -0.2) is 18.0 Å². The summed E-state index contributed by atoms with van der Waals surface area (Å²) >= 11 is 0. The quantitative estimate of drug-likeness (QED) is 0.0817. The number of amides is 1. The highest BCUT2D eigenvalue weighted by molar-refractivity contribution is 7.89. The first kappa shape index (κ1) is 49.9. The van der Waals surface area contributed by atoms with Gasteiger partial charge in [0.15, 0.2) is 18.7 Å². The molecular weight excluding hydrogens is 836 g/mol. The Hall–Kier alpha value is -3.77. The Morgan fingerprint density at radius 2 is 1.51 bits per heavy atom. The topological polar surface area (TPSA) is 212 Å². The van der Waals surface area contributed by atoms with E-state index in [1.807, 2.05) is 13.8 Å². The van der Waals surface area contributed by atoms with Crippen molar-refractivity contribution >= 4 is 35.4 Å². The number of nitrogens with zero attached hydrogens (tertiary/aromatic N) is 1. The maximum absolute atomic E-state index is 14.2. The lowest BCUT2D eigenvalue weighted by Crippen LogP contribution is -2.51. The SMILES string of the molecule is COc1ccc(S(=O)(=O)N(CC(C)C)C[C@@H](O)[C@H](Cc2ccc(OCP(=O)(C[C@@H](C)C(=O)OC(C)C)O[C@@H](C)C(=O)OC(C)C)cc2)NC(=O)O[C@H]2CO[C@H]3OCCC32)cc1. The third kappa shape index (κ3) is 14.9. The average Bonchev–Trinajstić information content (AvgIpc) is 3.81. The van der Waals surface area contributed by atoms with Gasteiger partial charge in [0.1, 0.15) is 17.6 Å². The number of carbonyl (C=O) groups is 3. The lowest BCUT2D eigenvalue weighted by Gasteiger charge is -2.31. The number of hydrogen-bond donors (Lipinski definition) is 2. The van der Waals surface area contributed by atoms with Crippen molar-refractivity contribution < 1.29 is 70.2 Å². The molecule has 2 saturated heterocycles. The van der Waals surface area contributed by atoms with Crippen LogP contribution in [-0.2, 0) is 58.8 Å². The van der Waals surface area contributed by atoms with Crippen molar-refractivity contribution in [3.63, 3.8) is 0 Å². The Bertz CT molecular complexity index is 1860. The number of carbonyl (C=O) groups excluding carboxylic acids is 3. The van der Waals surface area contributed by atoms with Gasteiger partial charge in [-0.05, 0) is 95.3 Å². The van der Waals surface area contributed by atoms with Crippen molar-refractivity contribution in [2.75, 3.05) is 45.9 Å². The van der Waals surface area contributed by atoms with E-state index in [4.69, 9.17) is 37.7 Å². The molecule has 2 aromatic rings. The molecule has 2 heterocycles. The van der Waals surface area contributed by atoms with Crippen molar-refractivity contribution in [2.45, 2.75) is 116 Å². The summed E-state index contributed by atoms with van der Waals surface area (Å²) in [6.45, 7) is 13.8. The van der Waals surface area contributed by atoms with Crippen LogP contribution in [0.25, 0.3) is 0 Å². The van der Waals surface area contributed by atoms with Crippen LogP contribution in [0.4, 0.5) is 4.79 Å². The van der Waals surface area contributed by atoms with Gasteiger partial charge in [0.05, 0.1) is 61.4 Å². The number of alkyl carbamates (subject to hydrolysis) is 1. The third-order valence-electron chi connectivity index (χ3n) is 9.82. The number of benzene rings is 2. The number of esters is 2. The second kappa shape index (κ2) is 22.5. The number of aliphatic hydroxyl groups excluding tert-OH is 1. The van der Waals surface area contributed by atoms with Gasteiger partial charge in [0.2, 0.25) is 17.4 Å². The Kier molecular flexibility index (Phi) is 18.4. The van der Waals surface area contributed by atoms with Gasteiger partial charge in [-0.2, -0.15) is 4.31 Å². The zero-order valence-corrected chi connectivity index (χ0v) is 38.2. The van der Waals surface area contributed by atoms with Crippen molar-refractivity contribution in [3.8, 4) is 11.5 Å². The van der Waals surface area contributed by atoms with E-state index in [-0.39, 0.29) is 54.8 Å². The van der Waals surface area contributed by atoms with Crippen LogP contribution in [-0.4, -0.2) is 125 Å². The fraction of sp³-hybridized carbons (Fsp3) is 0.643. The number of fused-ring (bicyclic) bond motifs is 1. The average molecular weight is 899 g/mol. The summed E-state index contributed by atoms with van der Waals surface area (Å²) in [5, 5.41) is 14.5. The van der Waals surface area contributed by atoms with Gasteiger partial charge < -0.3 is 48.1 Å². The van der Waals surface area contributed by atoms with Crippen LogP contribution in [0.15, 0.2) is 53.4 Å². The molecule has 0 aliphatic carbocycles. The number of sulfonamides is 1. The minimum atomic E-state index is -4.10. The van der Waals surface area contributed by atoms with Crippen LogP contribution in [0.5, 0.6) is 11.5 Å². The smallest absolute Gasteiger partial charge is 0.407 e. The Morgan fingerprint density at radius 1 is 0.885 bits per heavy atom. The molecule has 17 nitrogen and oxygen atoms in total. The number of aliphatic hydroxyl groups is 1. The second-order valence-corrected chi connectivity index (χ2v) is 20.8. The number of methoxy groups -OCH3 is 1. The van der Waals surface area contributed by atoms with E-state index in [0.29, 0.717) is 24.3 Å². The second-order valence-electron chi connectivity index (χ2n) is 16.4. The molecule has 61 heavy (non-hydrogen) atoms. The molecular formula is C42H63N2O15PS. The van der Waals surface area contributed by atoms with Crippen LogP contribution in [0, 0.1) is 17.8 Å². The highest BCUT2D eigenvalue weighted by Crippen LogP contribution is 2.50. The van der Waals surface area contributed by atoms with Crippen LogP contribution >= 0.6 is 7.37 Å². The summed E-state index contributed by atoms with van der Waals surface area (Å²) in [4.78, 5) is 38.7. The fourth-order valence-corrected chi connectivity index (χ4v) is 10.7. The molecule has 2 aromatic carbocycles. The van der Waals surface area contributed by atoms with Crippen LogP contribution < -0.4 is 14.8 Å². The van der Waals surface area contributed by atoms with Crippen LogP contribution in [0.2, 0.25) is 0 Å². The van der Waals surface area contributed by atoms with Crippen molar-refractivity contribution in [1.29, 1.82) is 0 Å². The molecule has 0 radical (unpaired) electrons. The molecule has 2 fully saturated rings. The first-order valence-corrected chi connectivity index (χ1v) is 24.0. The third-order valence-corrected chi connectivity index (χ3v) is 14.0. The Labute approximate surface area is 359 Å². The molecule has 2 unspecified atom stereocenters. The zero-order chi connectivity index (χ0) is 45.1. The Morgan fingerprint density at radius 3 is 2.11 bits per heavy atom. The summed E-state index contributed by atoms with van der Waals surface area (Å²) < 4.78 is 87.6. The molecule has 0 bridgehead atoms. The summed E-state index contributed by atoms with van der Waals surface area (Å²) in [6.07, 6.45) is -5.33. The number of hydrogen-bond acceptors (Lipinski definition) is 15. The monoisotopic (exact) mass is 898 g/mol. The van der Waals surface area contributed by atoms with Gasteiger partial charge in [-0.1, -0.05) is 32.9 Å². The molecule has 0 saturated carbocycles. The standard InChI is InChI=1S/C42H63N2O15PS/c1-26(2)21-44(61(50,51)34-16-14-32(52-9)15-17-34)22-37(45)36(43-42(48)58-38-23-54-41-35(38)18-19-53-41)20-31-10-12-33(13-11-31)55-25-60(49,24-29(7)39(46)56-27(3)4)59-30(8)40(47)57-28(5)6/h10-17,26-30,35-38,41,45H,18-25H2,1-9H3,(H,43,48)/t29-,30+,35?,36+,37-,38+,41-,60?/m1/s1. The minimum Gasteiger partial charge on any atom is -0.497 e. The van der Waals surface area contributed by atoms with Gasteiger partial charge in [-0.15, -0.1) is 0 Å². The first-order valence-electron chi connectivity index (χ1n) is 20.6. The molecule has 19 heteroatoms. The maximum Gasteiger partial charge on any atom is 0.407 e. The highest BCUT2D eigenvalue weighted by Gasteiger charge is 2.44. The molecule has 0 aromatic heterocycles. The Balaban J connectivity index is 1.53. The first-order chi connectivity index (χ1) is 28.7. The summed E-state index contributed by atoms with van der Waals surface area (Å²) in [5.41, 5.74) is 0.619. The number of nitrogens with one attached hydrogen (secondary N) is 1. The normalized spacial score (nSPS) is 20.7. The summed E-state index contributed by atoms with van der Waals surface area (Å²) in [5.74, 6) is -1.62. The predicted octanol–water partition coefficient (Wildman–Crippen LogP) is 5.36. The predicted molar refractivity (Wildman–Crippen MR) is 224 cm³/mol. The molecule has 1 amide bonds. The van der Waals surface area contributed by atoms with E-state index < -0.39 is 90.5 Å². The highest BCUT2D eigenvalue weighted by atomic mass is 32.2. The summed E-state index contributed by atoms with van der Waals surface area (Å²) in [7, 11) is -6.45. The molecule has 2 aliphatic heterocycles. The fourth-order valence-electron chi connectivity index (χ4n) is 6.84. The van der Waals surface area contributed by atoms with Crippen molar-refractivity contribution in [1.82, 2.24) is 9.62 Å². The van der Waals surface area contributed by atoms with E-state index in [1.54, 1.807) is 58.9 Å². The van der Waals surface area contributed by atoms with E-state index in [0.717, 1.165) is 0 Å². The van der Waals surface area contributed by atoms with Gasteiger partial charge in [-0.3, -0.25) is 9.36 Å². The molecule has 8 atom stereocenters. The van der Waals surface area contributed by atoms with Gasteiger partial charge >= 0.3 is 18.0 Å². The van der Waals surface area contributed by atoms with E-state index in [9.17, 15) is 32.5 Å². The van der Waals surface area contributed by atoms with E-state index >= 15 is 0 Å². The van der Waals surface area contributed by atoms with E-state index in [2.05, 4.69) is 5.32 Å². The zero-order valence-electron chi connectivity index (χ0n) is 36.5. The minimum absolute atomic E-state index is 0.0140. The van der Waals surface area contributed by atoms with Gasteiger partial charge in [0, 0.05) is 19.3 Å². The van der Waals surface area contributed by atoms with Crippen LogP contribution in [0.1, 0.15) is 67.4 Å². The maximum atomic E-state index is 14.2. The number of ether oxygens (including phenoxy) is 7. The molecule has 4 rings (SSSR count). The molecule has 0 spiro atoms. The van der Waals surface area contributed by atoms with E-state index in [1.165, 1.54) is 42.6 Å². The lowest BCUT2D eigenvalue weighted by atomic mass is 10.0. The molecule has 2 aliphatic rings. The number of rotatable bonds is 23. The lowest BCUT2D eigenvalue weighted by molar-refractivity contribution is -0.155. The largest absolute Gasteiger partial charge is 0.497 e. The molecule has 2 N–H and O–H groups in total. The van der Waals surface area contributed by atoms with Crippen LogP contribution in [0.3, 0.4) is 0 Å². The van der Waals surface area contributed by atoms with Gasteiger partial charge in [0.25, 0.3) is 0 Å². The summed E-state index contributed by atoms with van der Waals surface area (Å²) in [6, 6.07) is 11.4. The molecule has 342 valence electrons. The van der Waals surface area contributed by atoms with Crippen molar-refractivity contribution in [3.05, 3.63) is 54.1 Å². The van der Waals surface area contributed by atoms with Crippen molar-refractivity contribution in [2.24, 2.45) is 17.8 Å².